The van der Waals surface area contributed by atoms with Gasteiger partial charge in [0.05, 0.1) is 5.56 Å². The van der Waals surface area contributed by atoms with E-state index in [9.17, 15) is 0 Å². The first kappa shape index (κ1) is 10.5. The van der Waals surface area contributed by atoms with Gasteiger partial charge < -0.3 is 5.73 Å². The molecule has 0 radical (unpaired) electrons. The number of nitrogens with two attached hydrogens (primary N) is 1. The number of hydrogen-bond donors (Lipinski definition) is 2. The number of nitrogens with zero attached hydrogens (tertiary/aromatic N) is 1. The topological polar surface area (TPSA) is 52.9 Å². The minimum absolute atomic E-state index is 0.0166. The molecule has 2 unspecified atom stereocenters. The monoisotopic (exact) mass is 228 g/mol. The summed E-state index contributed by atoms with van der Waals surface area (Å²) in [6, 6.07) is 8.23. The highest BCUT2D eigenvalue weighted by molar-refractivity contribution is 5.98. The van der Waals surface area contributed by atoms with Crippen molar-refractivity contribution in [2.24, 2.45) is 5.73 Å². The van der Waals surface area contributed by atoms with Gasteiger partial charge in [-0.3, -0.25) is 0 Å². The fourth-order valence-corrected chi connectivity index (χ4v) is 3.46. The first-order chi connectivity index (χ1) is 7.92. The van der Waals surface area contributed by atoms with E-state index in [2.05, 4.69) is 26.0 Å². The van der Waals surface area contributed by atoms with E-state index in [-0.39, 0.29) is 11.0 Å². The molecule has 1 aliphatic carbocycles. The normalized spacial score (nSPS) is 37.2. The second kappa shape index (κ2) is 2.78. The molecule has 88 valence electrons. The first-order valence-corrected chi connectivity index (χ1v) is 5.99. The van der Waals surface area contributed by atoms with Gasteiger partial charge in [0.25, 0.3) is 5.84 Å². The Hall–Kier alpha value is -1.64. The molecule has 3 N–H and O–H groups in total. The molecule has 0 spiro atoms. The Balaban J connectivity index is 2.34. The zero-order valence-electron chi connectivity index (χ0n) is 10.5. The van der Waals surface area contributed by atoms with Gasteiger partial charge in [0.15, 0.2) is 5.84 Å². The van der Waals surface area contributed by atoms with Gasteiger partial charge in [-0.2, -0.15) is 5.41 Å². The molecule has 2 atom stereocenters. The van der Waals surface area contributed by atoms with Crippen LogP contribution in [0.4, 0.5) is 0 Å². The molecule has 3 nitrogen and oxygen atoms in total. The van der Waals surface area contributed by atoms with Crippen LogP contribution >= 0.6 is 0 Å². The van der Waals surface area contributed by atoms with Crippen molar-refractivity contribution in [2.45, 2.75) is 38.1 Å². The third kappa shape index (κ3) is 1.02. The molecule has 0 bridgehead atoms. The van der Waals surface area contributed by atoms with E-state index in [0.29, 0.717) is 5.84 Å². The Morgan fingerprint density at radius 1 is 1.35 bits per heavy atom. The van der Waals surface area contributed by atoms with E-state index >= 15 is 0 Å². The average Bonchev–Trinajstić information content (AvgIpc) is 2.83. The molecule has 0 amide bonds. The molecule has 1 heterocycles. The molecule has 1 aromatic rings. The Kier molecular flexibility index (Phi) is 1.72. The minimum atomic E-state index is -0.0166. The van der Waals surface area contributed by atoms with E-state index < -0.39 is 0 Å². The van der Waals surface area contributed by atoms with Crippen molar-refractivity contribution in [3.8, 4) is 0 Å². The Morgan fingerprint density at radius 3 is 2.65 bits per heavy atom. The number of fused-ring (bicyclic) bond motifs is 3. The van der Waals surface area contributed by atoms with Gasteiger partial charge in [-0.1, -0.05) is 25.1 Å². The van der Waals surface area contributed by atoms with Crippen LogP contribution in [0.15, 0.2) is 24.3 Å². The molecule has 1 aromatic carbocycles. The smallest absolute Gasteiger partial charge is 0.262 e. The highest BCUT2D eigenvalue weighted by atomic mass is 15.2. The maximum absolute atomic E-state index is 8.35. The zero-order chi connectivity index (χ0) is 12.4. The van der Waals surface area contributed by atoms with Gasteiger partial charge >= 0.3 is 0 Å². The molecule has 0 saturated heterocycles. The van der Waals surface area contributed by atoms with Crippen molar-refractivity contribution in [1.82, 2.24) is 0 Å². The highest BCUT2D eigenvalue weighted by Crippen LogP contribution is 2.62. The van der Waals surface area contributed by atoms with Gasteiger partial charge in [-0.25, -0.2) is 4.58 Å². The van der Waals surface area contributed by atoms with E-state index in [1.165, 1.54) is 5.56 Å². The van der Waals surface area contributed by atoms with Crippen LogP contribution in [0.25, 0.3) is 0 Å². The third-order valence-corrected chi connectivity index (χ3v) is 4.61. The van der Waals surface area contributed by atoms with Crippen LogP contribution in [0.5, 0.6) is 0 Å². The lowest BCUT2D eigenvalue weighted by Crippen LogP contribution is -2.46. The fourth-order valence-electron chi connectivity index (χ4n) is 3.46. The van der Waals surface area contributed by atoms with E-state index in [0.717, 1.165) is 17.8 Å². The van der Waals surface area contributed by atoms with Crippen molar-refractivity contribution in [2.75, 3.05) is 0 Å². The SMILES string of the molecule is CC(N)=[N+]1C(=N)c2ccccc2C2(C)CC12C. The number of rotatable bonds is 0. The van der Waals surface area contributed by atoms with Crippen molar-refractivity contribution >= 4 is 11.7 Å². The zero-order valence-corrected chi connectivity index (χ0v) is 10.5. The van der Waals surface area contributed by atoms with E-state index in [1.54, 1.807) is 0 Å². The Labute approximate surface area is 101 Å². The van der Waals surface area contributed by atoms with Crippen LogP contribution in [-0.2, 0) is 5.41 Å². The molecular weight excluding hydrogens is 210 g/mol. The second-order valence-corrected chi connectivity index (χ2v) is 5.65. The molecule has 1 aliphatic heterocycles. The summed E-state index contributed by atoms with van der Waals surface area (Å²) in [5.74, 6) is 1.26. The van der Waals surface area contributed by atoms with E-state index in [4.69, 9.17) is 11.1 Å². The van der Waals surface area contributed by atoms with Crippen LogP contribution in [0.3, 0.4) is 0 Å². The number of nitrogens with one attached hydrogen (secondary N) is 1. The average molecular weight is 228 g/mol. The van der Waals surface area contributed by atoms with Gasteiger partial charge in [0.2, 0.25) is 0 Å². The Bertz CT molecular complexity index is 569. The number of hydrogen-bond acceptors (Lipinski definition) is 1. The molecule has 0 aromatic heterocycles. The molecule has 3 heteroatoms. The number of amidine groups is 2. The molecule has 1 fully saturated rings. The van der Waals surface area contributed by atoms with Crippen molar-refractivity contribution in [3.63, 3.8) is 0 Å². The molecular formula is C14H18N3+. The maximum atomic E-state index is 8.35. The summed E-state index contributed by atoms with van der Waals surface area (Å²) in [6.45, 7) is 6.36. The van der Waals surface area contributed by atoms with Crippen molar-refractivity contribution in [1.29, 1.82) is 5.41 Å². The minimum Gasteiger partial charge on any atom is -0.322 e. The maximum Gasteiger partial charge on any atom is 0.262 e. The molecule has 3 rings (SSSR count). The molecule has 2 aliphatic rings. The van der Waals surface area contributed by atoms with Crippen molar-refractivity contribution < 1.29 is 4.58 Å². The lowest BCUT2D eigenvalue weighted by atomic mass is 9.85. The lowest BCUT2D eigenvalue weighted by Gasteiger charge is -2.29. The van der Waals surface area contributed by atoms with Gasteiger partial charge in [-0.05, 0) is 25.0 Å². The summed E-state index contributed by atoms with van der Waals surface area (Å²) in [7, 11) is 0. The highest BCUT2D eigenvalue weighted by Gasteiger charge is 2.70. The largest absolute Gasteiger partial charge is 0.322 e. The van der Waals surface area contributed by atoms with E-state index in [1.807, 2.05) is 23.6 Å². The summed E-state index contributed by atoms with van der Waals surface area (Å²) < 4.78 is 2.00. The molecule has 17 heavy (non-hydrogen) atoms. The third-order valence-electron chi connectivity index (χ3n) is 4.61. The Morgan fingerprint density at radius 2 is 2.00 bits per heavy atom. The van der Waals surface area contributed by atoms with Gasteiger partial charge in [0.1, 0.15) is 5.54 Å². The summed E-state index contributed by atoms with van der Waals surface area (Å²) in [6.07, 6.45) is 1.06. The van der Waals surface area contributed by atoms with Crippen LogP contribution in [-0.4, -0.2) is 21.8 Å². The van der Waals surface area contributed by atoms with Gasteiger partial charge in [-0.15, -0.1) is 0 Å². The number of benzene rings is 1. The fraction of sp³-hybridized carbons (Fsp3) is 0.429. The summed E-state index contributed by atoms with van der Waals surface area (Å²) >= 11 is 0. The second-order valence-electron chi connectivity index (χ2n) is 5.65. The van der Waals surface area contributed by atoms with Crippen molar-refractivity contribution in [3.05, 3.63) is 35.4 Å². The summed E-state index contributed by atoms with van der Waals surface area (Å²) in [5, 5.41) is 8.35. The lowest BCUT2D eigenvalue weighted by molar-refractivity contribution is -0.477. The summed E-state index contributed by atoms with van der Waals surface area (Å²) in [4.78, 5) is 0. The van der Waals surface area contributed by atoms with Crippen LogP contribution in [0.2, 0.25) is 0 Å². The molecule has 1 saturated carbocycles. The van der Waals surface area contributed by atoms with Crippen LogP contribution < -0.4 is 5.73 Å². The van der Waals surface area contributed by atoms with Crippen LogP contribution in [0.1, 0.15) is 38.3 Å². The standard InChI is InChI=1S/C14H17N3/c1-9(15)17-12(16)10-6-4-5-7-11(10)13(2)8-14(13,17)3/h4-7,15-16H,8H2,1-3H3/p+1. The van der Waals surface area contributed by atoms with Crippen LogP contribution in [0, 0.1) is 5.41 Å². The quantitative estimate of drug-likeness (QED) is 0.516. The predicted octanol–water partition coefficient (Wildman–Crippen LogP) is 1.84. The first-order valence-electron chi connectivity index (χ1n) is 5.99. The summed E-state index contributed by atoms with van der Waals surface area (Å²) in [5.41, 5.74) is 8.41. The van der Waals surface area contributed by atoms with Gasteiger partial charge in [0, 0.05) is 12.3 Å². The predicted molar refractivity (Wildman–Crippen MR) is 68.8 cm³/mol.